The number of nitrogens with one attached hydrogen (secondary N) is 1. The molecule has 1 aliphatic rings. The summed E-state index contributed by atoms with van der Waals surface area (Å²) in [6.45, 7) is 0.473. The van der Waals surface area contributed by atoms with Crippen molar-refractivity contribution < 1.29 is 9.00 Å². The minimum Gasteiger partial charge on any atom is -0.351 e. The van der Waals surface area contributed by atoms with Crippen LogP contribution in [-0.2, 0) is 15.6 Å². The first-order chi connectivity index (χ1) is 8.66. The van der Waals surface area contributed by atoms with E-state index >= 15 is 0 Å². The van der Waals surface area contributed by atoms with Gasteiger partial charge in [-0.25, -0.2) is 0 Å². The van der Waals surface area contributed by atoms with Gasteiger partial charge in [0.2, 0.25) is 0 Å². The van der Waals surface area contributed by atoms with Crippen molar-refractivity contribution in [3.05, 3.63) is 51.9 Å². The van der Waals surface area contributed by atoms with E-state index in [1.54, 1.807) is 18.2 Å². The predicted octanol–water partition coefficient (Wildman–Crippen LogP) is 2.12. The Morgan fingerprint density at radius 1 is 1.39 bits per heavy atom. The summed E-state index contributed by atoms with van der Waals surface area (Å²) in [5.41, 5.74) is 0.932. The lowest BCUT2D eigenvalue weighted by Crippen LogP contribution is -2.36. The van der Waals surface area contributed by atoms with E-state index in [2.05, 4.69) is 5.32 Å². The second kappa shape index (κ2) is 5.98. The molecule has 3 nitrogen and oxygen atoms in total. The van der Waals surface area contributed by atoms with Gasteiger partial charge in [0.25, 0.3) is 5.91 Å². The molecule has 1 unspecified atom stereocenters. The van der Waals surface area contributed by atoms with E-state index in [0.29, 0.717) is 22.2 Å². The van der Waals surface area contributed by atoms with Crippen LogP contribution < -0.4 is 5.32 Å². The van der Waals surface area contributed by atoms with E-state index in [1.807, 2.05) is 24.3 Å². The van der Waals surface area contributed by atoms with E-state index in [1.165, 1.54) is 0 Å². The molecule has 0 aliphatic carbocycles. The lowest BCUT2D eigenvalue weighted by Gasteiger charge is -2.13. The Balaban J connectivity index is 2.14. The monoisotopic (exact) mass is 281 g/mol. The Morgan fingerprint density at radius 3 is 2.94 bits per heavy atom. The second-order valence-corrected chi connectivity index (χ2v) is 5.73. The summed E-state index contributed by atoms with van der Waals surface area (Å²) in [7, 11) is -1.20. The molecule has 2 rings (SSSR count). The van der Waals surface area contributed by atoms with E-state index in [0.717, 1.165) is 5.56 Å². The van der Waals surface area contributed by atoms with Crippen molar-refractivity contribution in [2.24, 2.45) is 0 Å². The zero-order valence-corrected chi connectivity index (χ0v) is 11.1. The van der Waals surface area contributed by atoms with Gasteiger partial charge >= 0.3 is 0 Å². The largest absolute Gasteiger partial charge is 0.351 e. The molecule has 1 saturated heterocycles. The van der Waals surface area contributed by atoms with Crippen LogP contribution in [0.5, 0.6) is 0 Å². The Bertz CT molecular complexity index is 534. The van der Waals surface area contributed by atoms with Crippen molar-refractivity contribution in [2.45, 2.75) is 0 Å². The van der Waals surface area contributed by atoms with Crippen LogP contribution in [0.3, 0.4) is 0 Å². The molecule has 1 amide bonds. The molecule has 0 spiro atoms. The SMILES string of the molecule is O=C1NCCS(=O)/C1=C\C=C\c1cccc(Cl)c1. The van der Waals surface area contributed by atoms with Gasteiger partial charge in [0.05, 0.1) is 10.8 Å². The smallest absolute Gasteiger partial charge is 0.260 e. The van der Waals surface area contributed by atoms with Crippen molar-refractivity contribution in [3.8, 4) is 0 Å². The topological polar surface area (TPSA) is 46.2 Å². The highest BCUT2D eigenvalue weighted by molar-refractivity contribution is 7.90. The first-order valence-electron chi connectivity index (χ1n) is 5.47. The highest BCUT2D eigenvalue weighted by Crippen LogP contribution is 2.13. The van der Waals surface area contributed by atoms with Crippen LogP contribution >= 0.6 is 11.6 Å². The Labute approximate surface area is 113 Å². The fourth-order valence-electron chi connectivity index (χ4n) is 1.57. The maximum atomic E-state index is 11.6. The molecule has 1 aromatic carbocycles. The highest BCUT2D eigenvalue weighted by Gasteiger charge is 2.20. The zero-order valence-electron chi connectivity index (χ0n) is 9.56. The van der Waals surface area contributed by atoms with Crippen LogP contribution in [0, 0.1) is 0 Å². The Kier molecular flexibility index (Phi) is 4.33. The molecule has 1 atom stereocenters. The van der Waals surface area contributed by atoms with Gasteiger partial charge in [0.15, 0.2) is 0 Å². The molecular formula is C13H12ClNO2S. The number of carbonyl (C=O) groups excluding carboxylic acids is 1. The molecule has 5 heteroatoms. The molecule has 1 aliphatic heterocycles. The number of hydrogen-bond donors (Lipinski definition) is 1. The van der Waals surface area contributed by atoms with Crippen molar-refractivity contribution in [2.75, 3.05) is 12.3 Å². The number of carbonyl (C=O) groups is 1. The average molecular weight is 282 g/mol. The average Bonchev–Trinajstić information content (AvgIpc) is 2.33. The standard InChI is InChI=1S/C13H12ClNO2S/c14-11-5-1-3-10(9-11)4-2-6-12-13(16)15-7-8-18(12)17/h1-6,9H,7-8H2,(H,15,16)/b4-2+,12-6-. The Morgan fingerprint density at radius 2 is 2.22 bits per heavy atom. The summed E-state index contributed by atoms with van der Waals surface area (Å²) < 4.78 is 11.6. The minimum atomic E-state index is -1.20. The van der Waals surface area contributed by atoms with Crippen LogP contribution in [0.15, 0.2) is 41.3 Å². The van der Waals surface area contributed by atoms with Gasteiger partial charge in [-0.1, -0.05) is 35.9 Å². The van der Waals surface area contributed by atoms with Gasteiger partial charge in [-0.2, -0.15) is 0 Å². The molecule has 94 valence electrons. The van der Waals surface area contributed by atoms with E-state index in [4.69, 9.17) is 11.6 Å². The molecule has 1 N–H and O–H groups in total. The van der Waals surface area contributed by atoms with Gasteiger partial charge < -0.3 is 5.32 Å². The van der Waals surface area contributed by atoms with E-state index in [9.17, 15) is 9.00 Å². The van der Waals surface area contributed by atoms with E-state index in [-0.39, 0.29) is 5.91 Å². The molecule has 0 radical (unpaired) electrons. The molecule has 0 aromatic heterocycles. The normalized spacial score (nSPS) is 22.4. The summed E-state index contributed by atoms with van der Waals surface area (Å²) >= 11 is 5.86. The van der Waals surface area contributed by atoms with Gasteiger partial charge in [0, 0.05) is 17.3 Å². The molecular weight excluding hydrogens is 270 g/mol. The third kappa shape index (κ3) is 3.31. The first kappa shape index (κ1) is 13.1. The van der Waals surface area contributed by atoms with Gasteiger partial charge in [0.1, 0.15) is 4.91 Å². The Hall–Kier alpha value is -1.39. The molecule has 0 bridgehead atoms. The number of amides is 1. The van der Waals surface area contributed by atoms with Crippen LogP contribution in [0.25, 0.3) is 6.08 Å². The van der Waals surface area contributed by atoms with Crippen LogP contribution in [-0.4, -0.2) is 22.4 Å². The number of rotatable bonds is 2. The first-order valence-corrected chi connectivity index (χ1v) is 7.17. The number of hydrogen-bond acceptors (Lipinski definition) is 2. The van der Waals surface area contributed by atoms with Gasteiger partial charge in [-0.3, -0.25) is 9.00 Å². The second-order valence-electron chi connectivity index (χ2n) is 3.75. The van der Waals surface area contributed by atoms with Gasteiger partial charge in [-0.15, -0.1) is 0 Å². The van der Waals surface area contributed by atoms with Crippen molar-refractivity contribution in [3.63, 3.8) is 0 Å². The molecule has 1 aromatic rings. The lowest BCUT2D eigenvalue weighted by atomic mass is 10.2. The summed E-state index contributed by atoms with van der Waals surface area (Å²) in [6.07, 6.45) is 5.12. The maximum Gasteiger partial charge on any atom is 0.260 e. The number of halogens is 1. The van der Waals surface area contributed by atoms with Crippen LogP contribution in [0.1, 0.15) is 5.56 Å². The highest BCUT2D eigenvalue weighted by atomic mass is 35.5. The fraction of sp³-hybridized carbons (Fsp3) is 0.154. The third-order valence-electron chi connectivity index (χ3n) is 2.43. The van der Waals surface area contributed by atoms with Crippen molar-refractivity contribution >= 4 is 34.4 Å². The number of allylic oxidation sites excluding steroid dienone is 2. The quantitative estimate of drug-likeness (QED) is 0.844. The maximum absolute atomic E-state index is 11.6. The predicted molar refractivity (Wildman–Crippen MR) is 74.6 cm³/mol. The lowest BCUT2D eigenvalue weighted by molar-refractivity contribution is -0.116. The molecule has 1 heterocycles. The summed E-state index contributed by atoms with van der Waals surface area (Å²) in [6, 6.07) is 7.36. The van der Waals surface area contributed by atoms with E-state index < -0.39 is 10.8 Å². The summed E-state index contributed by atoms with van der Waals surface area (Å²) in [5.74, 6) is 0.220. The van der Waals surface area contributed by atoms with Crippen LogP contribution in [0.2, 0.25) is 5.02 Å². The van der Waals surface area contributed by atoms with Crippen molar-refractivity contribution in [1.82, 2.24) is 5.32 Å². The third-order valence-corrected chi connectivity index (χ3v) is 4.05. The fourth-order valence-corrected chi connectivity index (χ4v) is 2.78. The molecule has 0 saturated carbocycles. The number of benzene rings is 1. The van der Waals surface area contributed by atoms with Gasteiger partial charge in [-0.05, 0) is 23.8 Å². The molecule has 18 heavy (non-hydrogen) atoms. The van der Waals surface area contributed by atoms with Crippen LogP contribution in [0.4, 0.5) is 0 Å². The summed E-state index contributed by atoms with van der Waals surface area (Å²) in [4.78, 5) is 11.8. The minimum absolute atomic E-state index is 0.254. The van der Waals surface area contributed by atoms with Crippen molar-refractivity contribution in [1.29, 1.82) is 0 Å². The summed E-state index contributed by atoms with van der Waals surface area (Å²) in [5, 5.41) is 3.32. The zero-order chi connectivity index (χ0) is 13.0. The molecule has 1 fully saturated rings.